The zero-order chi connectivity index (χ0) is 13.4. The molecule has 0 aliphatic heterocycles. The van der Waals surface area contributed by atoms with Crippen molar-refractivity contribution in [3.05, 3.63) is 63.1 Å². The first-order valence-electron chi connectivity index (χ1n) is 5.58. The fraction of sp³-hybridized carbons (Fsp3) is 0. The van der Waals surface area contributed by atoms with Gasteiger partial charge in [-0.3, -0.25) is 10.1 Å². The van der Waals surface area contributed by atoms with Crippen LogP contribution in [-0.4, -0.2) is 4.92 Å². The Bertz CT molecular complexity index is 765. The second kappa shape index (κ2) is 4.51. The average molecular weight is 318 g/mol. The summed E-state index contributed by atoms with van der Waals surface area (Å²) in [7, 11) is 0. The van der Waals surface area contributed by atoms with Gasteiger partial charge < -0.3 is 4.42 Å². The van der Waals surface area contributed by atoms with Crippen molar-refractivity contribution in [2.45, 2.75) is 0 Å². The Labute approximate surface area is 116 Å². The summed E-state index contributed by atoms with van der Waals surface area (Å²) < 4.78 is 6.48. The topological polar surface area (TPSA) is 56.3 Å². The second-order valence-electron chi connectivity index (χ2n) is 4.05. The maximum atomic E-state index is 10.8. The molecular formula is C14H8BrNO3. The molecule has 0 amide bonds. The van der Waals surface area contributed by atoms with E-state index in [0.717, 1.165) is 10.0 Å². The third-order valence-corrected chi connectivity index (χ3v) is 3.65. The van der Waals surface area contributed by atoms with Gasteiger partial charge in [0.05, 0.1) is 9.40 Å². The molecule has 5 heteroatoms. The van der Waals surface area contributed by atoms with Gasteiger partial charge in [0.25, 0.3) is 5.69 Å². The van der Waals surface area contributed by atoms with Crippen molar-refractivity contribution in [1.82, 2.24) is 0 Å². The Kier molecular flexibility index (Phi) is 2.83. The minimum Gasteiger partial charge on any atom is -0.455 e. The molecule has 0 atom stereocenters. The number of rotatable bonds is 2. The average Bonchev–Trinajstić information content (AvgIpc) is 2.77. The summed E-state index contributed by atoms with van der Waals surface area (Å²) >= 11 is 3.46. The summed E-state index contributed by atoms with van der Waals surface area (Å²) in [6.07, 6.45) is 0. The lowest BCUT2D eigenvalue weighted by Gasteiger charge is -1.95. The minimum absolute atomic E-state index is 0.0496. The lowest BCUT2D eigenvalue weighted by molar-refractivity contribution is -0.384. The van der Waals surface area contributed by atoms with Crippen LogP contribution in [0.3, 0.4) is 0 Å². The van der Waals surface area contributed by atoms with Crippen LogP contribution >= 0.6 is 15.9 Å². The van der Waals surface area contributed by atoms with Crippen LogP contribution in [0.25, 0.3) is 22.3 Å². The maximum Gasteiger partial charge on any atom is 0.270 e. The zero-order valence-corrected chi connectivity index (χ0v) is 11.3. The first-order valence-corrected chi connectivity index (χ1v) is 6.38. The third kappa shape index (κ3) is 2.02. The van der Waals surface area contributed by atoms with Gasteiger partial charge in [0.15, 0.2) is 0 Å². The highest BCUT2D eigenvalue weighted by Crippen LogP contribution is 2.38. The van der Waals surface area contributed by atoms with E-state index in [1.54, 1.807) is 6.07 Å². The maximum absolute atomic E-state index is 10.8. The lowest BCUT2D eigenvalue weighted by atomic mass is 10.1. The van der Waals surface area contributed by atoms with Crippen LogP contribution in [0.4, 0.5) is 5.69 Å². The van der Waals surface area contributed by atoms with Crippen LogP contribution in [0.1, 0.15) is 0 Å². The van der Waals surface area contributed by atoms with E-state index in [2.05, 4.69) is 15.9 Å². The molecule has 19 heavy (non-hydrogen) atoms. The summed E-state index contributed by atoms with van der Waals surface area (Å²) in [6.45, 7) is 0. The number of hydrogen-bond donors (Lipinski definition) is 0. The number of non-ortho nitro benzene ring substituents is 1. The molecule has 0 saturated heterocycles. The Morgan fingerprint density at radius 2 is 1.84 bits per heavy atom. The molecule has 3 aromatic rings. The van der Waals surface area contributed by atoms with Crippen LogP contribution < -0.4 is 0 Å². The molecule has 0 aliphatic carbocycles. The molecule has 94 valence electrons. The van der Waals surface area contributed by atoms with E-state index in [-0.39, 0.29) is 5.69 Å². The zero-order valence-electron chi connectivity index (χ0n) is 9.67. The van der Waals surface area contributed by atoms with E-state index in [9.17, 15) is 10.1 Å². The van der Waals surface area contributed by atoms with Gasteiger partial charge >= 0.3 is 0 Å². The van der Waals surface area contributed by atoms with Crippen molar-refractivity contribution in [2.24, 2.45) is 0 Å². The molecular weight excluding hydrogens is 310 g/mol. The first kappa shape index (κ1) is 11.9. The van der Waals surface area contributed by atoms with Gasteiger partial charge in [-0.25, -0.2) is 0 Å². The normalized spacial score (nSPS) is 10.8. The van der Waals surface area contributed by atoms with E-state index in [1.807, 2.05) is 30.3 Å². The van der Waals surface area contributed by atoms with Crippen LogP contribution in [0.5, 0.6) is 0 Å². The number of furan rings is 1. The van der Waals surface area contributed by atoms with E-state index in [1.165, 1.54) is 12.1 Å². The number of benzene rings is 2. The van der Waals surface area contributed by atoms with Crippen LogP contribution in [-0.2, 0) is 0 Å². The van der Waals surface area contributed by atoms with Crippen LogP contribution in [0.2, 0.25) is 0 Å². The molecule has 3 rings (SSSR count). The first-order chi connectivity index (χ1) is 9.16. The van der Waals surface area contributed by atoms with Crippen LogP contribution in [0, 0.1) is 10.1 Å². The van der Waals surface area contributed by atoms with Crippen molar-refractivity contribution in [3.8, 4) is 11.3 Å². The Morgan fingerprint density at radius 3 is 2.53 bits per heavy atom. The Hall–Kier alpha value is -2.14. The quantitative estimate of drug-likeness (QED) is 0.505. The van der Waals surface area contributed by atoms with E-state index in [4.69, 9.17) is 4.42 Å². The molecule has 0 radical (unpaired) electrons. The van der Waals surface area contributed by atoms with E-state index < -0.39 is 4.92 Å². The smallest absolute Gasteiger partial charge is 0.270 e. The van der Waals surface area contributed by atoms with E-state index >= 15 is 0 Å². The number of nitro groups is 1. The molecule has 0 aliphatic rings. The predicted octanol–water partition coefficient (Wildman–Crippen LogP) is 4.77. The molecule has 0 fully saturated rings. The highest BCUT2D eigenvalue weighted by atomic mass is 79.9. The van der Waals surface area contributed by atoms with Gasteiger partial charge in [0.2, 0.25) is 0 Å². The molecule has 0 N–H and O–H groups in total. The molecule has 1 aromatic heterocycles. The molecule has 0 spiro atoms. The highest BCUT2D eigenvalue weighted by molar-refractivity contribution is 9.10. The summed E-state index contributed by atoms with van der Waals surface area (Å²) in [5.74, 6) is 0.677. The number of nitro benzene ring substituents is 1. The fourth-order valence-electron chi connectivity index (χ4n) is 1.94. The van der Waals surface area contributed by atoms with Crippen molar-refractivity contribution in [2.75, 3.05) is 0 Å². The van der Waals surface area contributed by atoms with Gasteiger partial charge in [-0.15, -0.1) is 0 Å². The minimum atomic E-state index is -0.416. The summed E-state index contributed by atoms with van der Waals surface area (Å²) in [6, 6.07) is 14.2. The van der Waals surface area contributed by atoms with Crippen molar-refractivity contribution >= 4 is 32.6 Å². The lowest BCUT2D eigenvalue weighted by Crippen LogP contribution is -1.86. The van der Waals surface area contributed by atoms with Gasteiger partial charge in [-0.1, -0.05) is 30.3 Å². The highest BCUT2D eigenvalue weighted by Gasteiger charge is 2.16. The van der Waals surface area contributed by atoms with Crippen LogP contribution in [0.15, 0.2) is 57.4 Å². The van der Waals surface area contributed by atoms with E-state index in [0.29, 0.717) is 16.7 Å². The monoisotopic (exact) mass is 317 g/mol. The van der Waals surface area contributed by atoms with Gasteiger partial charge in [-0.05, 0) is 22.0 Å². The standard InChI is InChI=1S/C14H8BrNO3/c15-13-11-8-10(16(17)18)6-7-12(11)19-14(13)9-4-2-1-3-5-9/h1-8H. The Balaban J connectivity index is 2.24. The molecule has 0 unspecified atom stereocenters. The van der Waals surface area contributed by atoms with Gasteiger partial charge in [0, 0.05) is 23.1 Å². The number of fused-ring (bicyclic) bond motifs is 1. The summed E-state index contributed by atoms with van der Waals surface area (Å²) in [5.41, 5.74) is 1.60. The van der Waals surface area contributed by atoms with Crippen molar-refractivity contribution in [3.63, 3.8) is 0 Å². The van der Waals surface area contributed by atoms with Crippen molar-refractivity contribution < 1.29 is 9.34 Å². The molecule has 0 saturated carbocycles. The predicted molar refractivity (Wildman–Crippen MR) is 76.0 cm³/mol. The summed E-state index contributed by atoms with van der Waals surface area (Å²) in [5, 5.41) is 11.5. The summed E-state index contributed by atoms with van der Waals surface area (Å²) in [4.78, 5) is 10.4. The number of halogens is 1. The number of nitrogens with zero attached hydrogens (tertiary/aromatic N) is 1. The van der Waals surface area contributed by atoms with Gasteiger partial charge in [0.1, 0.15) is 11.3 Å². The Morgan fingerprint density at radius 1 is 1.11 bits per heavy atom. The molecule has 1 heterocycles. The van der Waals surface area contributed by atoms with Crippen molar-refractivity contribution in [1.29, 1.82) is 0 Å². The number of hydrogen-bond acceptors (Lipinski definition) is 3. The van der Waals surface area contributed by atoms with Gasteiger partial charge in [-0.2, -0.15) is 0 Å². The third-order valence-electron chi connectivity index (χ3n) is 2.86. The SMILES string of the molecule is O=[N+]([O-])c1ccc2oc(-c3ccccc3)c(Br)c2c1. The molecule has 2 aromatic carbocycles. The second-order valence-corrected chi connectivity index (χ2v) is 4.84. The molecule has 4 nitrogen and oxygen atoms in total. The molecule has 0 bridgehead atoms. The fourth-order valence-corrected chi connectivity index (χ4v) is 2.56. The largest absolute Gasteiger partial charge is 0.455 e.